The van der Waals surface area contributed by atoms with Crippen LogP contribution in [0, 0.1) is 5.82 Å². The molecule has 126 valence electrons. The Bertz CT molecular complexity index is 915. The van der Waals surface area contributed by atoms with Crippen LogP contribution in [-0.4, -0.2) is 12.3 Å². The molecule has 0 N–H and O–H groups in total. The van der Waals surface area contributed by atoms with Gasteiger partial charge in [0.15, 0.2) is 12.0 Å². The van der Waals surface area contributed by atoms with E-state index in [9.17, 15) is 14.0 Å². The molecule has 0 aliphatic rings. The van der Waals surface area contributed by atoms with Crippen LogP contribution in [0.5, 0.6) is 0 Å². The lowest BCUT2D eigenvalue weighted by Gasteiger charge is -2.08. The second-order valence-corrected chi connectivity index (χ2v) is 5.62. The van der Waals surface area contributed by atoms with Crippen LogP contribution in [-0.2, 0) is 11.3 Å². The molecular formula is C19H12ClFO4. The van der Waals surface area contributed by atoms with Gasteiger partial charge < -0.3 is 9.15 Å². The Morgan fingerprint density at radius 3 is 2.56 bits per heavy atom. The fourth-order valence-electron chi connectivity index (χ4n) is 2.21. The molecule has 25 heavy (non-hydrogen) atoms. The fraction of sp³-hybridized carbons (Fsp3) is 0.0526. The highest BCUT2D eigenvalue weighted by molar-refractivity contribution is 6.33. The number of ether oxygens (including phenoxy) is 1. The van der Waals surface area contributed by atoms with Crippen molar-refractivity contribution >= 4 is 23.9 Å². The highest BCUT2D eigenvalue weighted by atomic mass is 35.5. The quantitative estimate of drug-likeness (QED) is 0.480. The third-order valence-corrected chi connectivity index (χ3v) is 3.83. The Hall–Kier alpha value is -2.92. The van der Waals surface area contributed by atoms with Crippen LogP contribution in [0.3, 0.4) is 0 Å². The van der Waals surface area contributed by atoms with Crippen LogP contribution in [0.15, 0.2) is 59.0 Å². The van der Waals surface area contributed by atoms with E-state index in [0.717, 1.165) is 0 Å². The van der Waals surface area contributed by atoms with E-state index in [1.807, 2.05) is 0 Å². The van der Waals surface area contributed by atoms with Crippen molar-refractivity contribution < 1.29 is 23.1 Å². The Morgan fingerprint density at radius 1 is 1.12 bits per heavy atom. The van der Waals surface area contributed by atoms with Gasteiger partial charge in [-0.15, -0.1) is 0 Å². The van der Waals surface area contributed by atoms with Gasteiger partial charge in [0.1, 0.15) is 18.2 Å². The number of aldehydes is 1. The second kappa shape index (κ2) is 7.32. The van der Waals surface area contributed by atoms with E-state index in [4.69, 9.17) is 20.8 Å². The van der Waals surface area contributed by atoms with E-state index in [0.29, 0.717) is 23.2 Å². The van der Waals surface area contributed by atoms with Crippen molar-refractivity contribution in [2.75, 3.05) is 0 Å². The van der Waals surface area contributed by atoms with Crippen LogP contribution in [0.4, 0.5) is 4.39 Å². The number of carbonyl (C=O) groups excluding carboxylic acids is 2. The van der Waals surface area contributed by atoms with Crippen LogP contribution >= 0.6 is 11.6 Å². The minimum atomic E-state index is -0.613. The predicted octanol–water partition coefficient (Wildman–Crippen LogP) is 4.91. The zero-order valence-corrected chi connectivity index (χ0v) is 13.6. The number of esters is 1. The smallest absolute Gasteiger partial charge is 0.340 e. The van der Waals surface area contributed by atoms with Crippen molar-refractivity contribution in [3.05, 3.63) is 82.3 Å². The lowest BCUT2D eigenvalue weighted by Crippen LogP contribution is -2.06. The van der Waals surface area contributed by atoms with Crippen molar-refractivity contribution in [3.8, 4) is 11.3 Å². The Balaban J connectivity index is 1.78. The van der Waals surface area contributed by atoms with Gasteiger partial charge >= 0.3 is 5.97 Å². The topological polar surface area (TPSA) is 56.5 Å². The largest absolute Gasteiger partial charge is 0.457 e. The van der Waals surface area contributed by atoms with Gasteiger partial charge in [0.25, 0.3) is 0 Å². The summed E-state index contributed by atoms with van der Waals surface area (Å²) in [5, 5.41) is 0.232. The standard InChI is InChI=1S/C19H12ClFO4/c20-17-7-3-13(18-8-6-15(10-22)25-18)9-16(17)19(23)24-11-12-1-4-14(21)5-2-12/h1-10H,11H2. The number of carbonyl (C=O) groups is 2. The maximum absolute atomic E-state index is 12.9. The van der Waals surface area contributed by atoms with Crippen LogP contribution in [0.25, 0.3) is 11.3 Å². The molecule has 0 saturated heterocycles. The summed E-state index contributed by atoms with van der Waals surface area (Å²) in [5.41, 5.74) is 1.42. The van der Waals surface area contributed by atoms with Gasteiger partial charge in [-0.2, -0.15) is 0 Å². The number of furan rings is 1. The van der Waals surface area contributed by atoms with Crippen molar-refractivity contribution in [2.45, 2.75) is 6.61 Å². The summed E-state index contributed by atoms with van der Waals surface area (Å²) < 4.78 is 23.4. The molecule has 0 aliphatic heterocycles. The van der Waals surface area contributed by atoms with Gasteiger partial charge in [0.05, 0.1) is 10.6 Å². The van der Waals surface area contributed by atoms with E-state index >= 15 is 0 Å². The van der Waals surface area contributed by atoms with Crippen molar-refractivity contribution in [1.29, 1.82) is 0 Å². The summed E-state index contributed by atoms with van der Waals surface area (Å²) in [6.45, 7) is -0.00425. The minimum absolute atomic E-state index is 0.00425. The van der Waals surface area contributed by atoms with Crippen LogP contribution in [0.1, 0.15) is 26.5 Å². The van der Waals surface area contributed by atoms with E-state index in [2.05, 4.69) is 0 Å². The molecule has 6 heteroatoms. The first-order chi connectivity index (χ1) is 12.1. The summed E-state index contributed by atoms with van der Waals surface area (Å²) in [4.78, 5) is 23.0. The average Bonchev–Trinajstić information content (AvgIpc) is 3.10. The lowest BCUT2D eigenvalue weighted by molar-refractivity contribution is 0.0473. The van der Waals surface area contributed by atoms with Crippen molar-refractivity contribution in [2.24, 2.45) is 0 Å². The van der Waals surface area contributed by atoms with Crippen LogP contribution < -0.4 is 0 Å². The maximum atomic E-state index is 12.9. The SMILES string of the molecule is O=Cc1ccc(-c2ccc(Cl)c(C(=O)OCc3ccc(F)cc3)c2)o1. The maximum Gasteiger partial charge on any atom is 0.340 e. The van der Waals surface area contributed by atoms with Gasteiger partial charge in [-0.1, -0.05) is 23.7 Å². The highest BCUT2D eigenvalue weighted by Crippen LogP contribution is 2.27. The molecule has 0 radical (unpaired) electrons. The molecule has 0 spiro atoms. The molecule has 2 aromatic carbocycles. The monoisotopic (exact) mass is 358 g/mol. The zero-order valence-electron chi connectivity index (χ0n) is 12.9. The predicted molar refractivity (Wildman–Crippen MR) is 90.1 cm³/mol. The summed E-state index contributed by atoms with van der Waals surface area (Å²) >= 11 is 6.08. The molecule has 0 saturated carbocycles. The molecule has 0 unspecified atom stereocenters. The molecule has 3 rings (SSSR count). The summed E-state index contributed by atoms with van der Waals surface area (Å²) in [7, 11) is 0. The minimum Gasteiger partial charge on any atom is -0.457 e. The van der Waals surface area contributed by atoms with E-state index in [-0.39, 0.29) is 28.8 Å². The van der Waals surface area contributed by atoms with Crippen molar-refractivity contribution in [1.82, 2.24) is 0 Å². The van der Waals surface area contributed by atoms with E-state index < -0.39 is 5.97 Å². The molecule has 1 aromatic heterocycles. The molecule has 0 aliphatic carbocycles. The number of rotatable bonds is 5. The molecule has 4 nitrogen and oxygen atoms in total. The molecule has 0 amide bonds. The van der Waals surface area contributed by atoms with Gasteiger partial charge in [-0.3, -0.25) is 4.79 Å². The molecule has 1 heterocycles. The van der Waals surface area contributed by atoms with Gasteiger partial charge in [-0.25, -0.2) is 9.18 Å². The first-order valence-electron chi connectivity index (χ1n) is 7.33. The molecule has 3 aromatic rings. The molecular weight excluding hydrogens is 347 g/mol. The number of hydrogen-bond acceptors (Lipinski definition) is 4. The Morgan fingerprint density at radius 2 is 1.88 bits per heavy atom. The van der Waals surface area contributed by atoms with Gasteiger partial charge in [-0.05, 0) is 48.0 Å². The Labute approximate surface area is 147 Å². The normalized spacial score (nSPS) is 10.5. The zero-order chi connectivity index (χ0) is 17.8. The third kappa shape index (κ3) is 3.95. The lowest BCUT2D eigenvalue weighted by atomic mass is 10.1. The highest BCUT2D eigenvalue weighted by Gasteiger charge is 2.15. The molecule has 0 atom stereocenters. The van der Waals surface area contributed by atoms with Gasteiger partial charge in [0, 0.05) is 5.56 Å². The third-order valence-electron chi connectivity index (χ3n) is 3.50. The van der Waals surface area contributed by atoms with E-state index in [1.54, 1.807) is 18.2 Å². The summed E-state index contributed by atoms with van der Waals surface area (Å²) in [5.74, 6) is -0.353. The van der Waals surface area contributed by atoms with Gasteiger partial charge in [0.2, 0.25) is 0 Å². The Kier molecular flexibility index (Phi) is 4.95. The fourth-order valence-corrected chi connectivity index (χ4v) is 2.41. The first kappa shape index (κ1) is 16.9. The molecule has 0 bridgehead atoms. The van der Waals surface area contributed by atoms with Crippen LogP contribution in [0.2, 0.25) is 5.02 Å². The van der Waals surface area contributed by atoms with Crippen molar-refractivity contribution in [3.63, 3.8) is 0 Å². The summed E-state index contributed by atoms with van der Waals surface area (Å²) in [6.07, 6.45) is 0.595. The number of benzene rings is 2. The summed E-state index contributed by atoms with van der Waals surface area (Å²) in [6, 6.07) is 13.6. The number of hydrogen-bond donors (Lipinski definition) is 0. The first-order valence-corrected chi connectivity index (χ1v) is 7.71. The average molecular weight is 359 g/mol. The second-order valence-electron chi connectivity index (χ2n) is 5.22. The molecule has 0 fully saturated rings. The number of halogens is 2. The van der Waals surface area contributed by atoms with E-state index in [1.165, 1.54) is 36.4 Å².